The van der Waals surface area contributed by atoms with Crippen molar-refractivity contribution in [3.63, 3.8) is 0 Å². The molecule has 1 rings (SSSR count). The van der Waals surface area contributed by atoms with Gasteiger partial charge in [0.25, 0.3) is 0 Å². The van der Waals surface area contributed by atoms with Crippen LogP contribution in [0.3, 0.4) is 0 Å². The van der Waals surface area contributed by atoms with Crippen molar-refractivity contribution in [2.24, 2.45) is 5.16 Å². The van der Waals surface area contributed by atoms with Crippen LogP contribution >= 0.6 is 0 Å². The molecule has 0 saturated heterocycles. The minimum absolute atomic E-state index is 0.145. The van der Waals surface area contributed by atoms with Crippen molar-refractivity contribution >= 4 is 12.2 Å². The van der Waals surface area contributed by atoms with Crippen LogP contribution < -0.4 is 0 Å². The number of oxime groups is 1. The molecule has 0 aromatic carbocycles. The molecule has 3 N–H and O–H groups in total. The predicted octanol–water partition coefficient (Wildman–Crippen LogP) is 1.24. The number of aromatic carboxylic acids is 1. The largest absolute Gasteiger partial charge is 0.478 e. The molecular weight excluding hydrogens is 198 g/mol. The molecule has 82 valence electrons. The van der Waals surface area contributed by atoms with E-state index in [-0.39, 0.29) is 5.56 Å². The van der Waals surface area contributed by atoms with Crippen LogP contribution in [0.25, 0.3) is 0 Å². The minimum Gasteiger partial charge on any atom is -0.478 e. The first-order valence-corrected chi connectivity index (χ1v) is 4.42. The topological polar surface area (TPSA) is 98.6 Å². The fourth-order valence-corrected chi connectivity index (χ4v) is 1.34. The Morgan fingerprint density at radius 1 is 1.73 bits per heavy atom. The summed E-state index contributed by atoms with van der Waals surface area (Å²) in [6.07, 6.45) is 3.02. The number of H-pyrrole nitrogens is 1. The fraction of sp³-hybridized carbons (Fsp3) is 0.444. The molecule has 0 radical (unpaired) electrons. The van der Waals surface area contributed by atoms with E-state index in [0.717, 1.165) is 0 Å². The number of nitrogens with zero attached hydrogens (tertiary/aromatic N) is 2. The number of rotatable bonds is 4. The zero-order valence-corrected chi connectivity index (χ0v) is 8.56. The average Bonchev–Trinajstić information content (AvgIpc) is 2.63. The Morgan fingerprint density at radius 3 is 2.93 bits per heavy atom. The standard InChI is InChI=1S/C9H13N3O3/c1-9(2,3-4-11-15)7-6(8(13)14)5-10-12-7/h4-5,15H,3H2,1-2H3,(H,10,12)(H,13,14). The Labute approximate surface area is 86.6 Å². The van der Waals surface area contributed by atoms with Crippen LogP contribution in [0.15, 0.2) is 11.4 Å². The number of carbonyl (C=O) groups is 1. The van der Waals surface area contributed by atoms with Gasteiger partial charge in [-0.15, -0.1) is 5.16 Å². The molecule has 15 heavy (non-hydrogen) atoms. The Bertz CT molecular complexity index is 382. The first kappa shape index (κ1) is 11.2. The van der Waals surface area contributed by atoms with Gasteiger partial charge in [-0.05, 0) is 6.42 Å². The third kappa shape index (κ3) is 2.34. The van der Waals surface area contributed by atoms with Gasteiger partial charge in [-0.25, -0.2) is 4.79 Å². The fourth-order valence-electron chi connectivity index (χ4n) is 1.34. The van der Waals surface area contributed by atoms with Crippen molar-refractivity contribution in [3.8, 4) is 0 Å². The number of carboxylic acids is 1. The van der Waals surface area contributed by atoms with Crippen LogP contribution in [-0.4, -0.2) is 32.7 Å². The van der Waals surface area contributed by atoms with Crippen molar-refractivity contribution < 1.29 is 15.1 Å². The number of aromatic amines is 1. The zero-order chi connectivity index (χ0) is 11.5. The maximum absolute atomic E-state index is 10.9. The summed E-state index contributed by atoms with van der Waals surface area (Å²) in [5.41, 5.74) is 0.206. The summed E-state index contributed by atoms with van der Waals surface area (Å²) in [5, 5.41) is 26.5. The van der Waals surface area contributed by atoms with Crippen molar-refractivity contribution in [3.05, 3.63) is 17.5 Å². The summed E-state index contributed by atoms with van der Waals surface area (Å²) in [6, 6.07) is 0. The van der Waals surface area contributed by atoms with Gasteiger partial charge >= 0.3 is 5.97 Å². The van der Waals surface area contributed by atoms with Gasteiger partial charge in [0.2, 0.25) is 0 Å². The van der Waals surface area contributed by atoms with E-state index in [2.05, 4.69) is 15.4 Å². The summed E-state index contributed by atoms with van der Waals surface area (Å²) in [6.45, 7) is 3.68. The number of aromatic nitrogens is 2. The molecule has 0 fully saturated rings. The molecule has 0 amide bonds. The predicted molar refractivity (Wildman–Crippen MR) is 53.5 cm³/mol. The SMILES string of the molecule is CC(C)(CC=NO)c1[nH]ncc1C(=O)O. The molecule has 1 heterocycles. The maximum atomic E-state index is 10.9. The quantitative estimate of drug-likeness (QED) is 0.396. The molecule has 0 unspecified atom stereocenters. The Balaban J connectivity index is 3.03. The summed E-state index contributed by atoms with van der Waals surface area (Å²) in [7, 11) is 0. The molecule has 0 spiro atoms. The monoisotopic (exact) mass is 211 g/mol. The lowest BCUT2D eigenvalue weighted by Gasteiger charge is -2.21. The molecule has 1 aromatic heterocycles. The summed E-state index contributed by atoms with van der Waals surface area (Å²) in [4.78, 5) is 10.9. The summed E-state index contributed by atoms with van der Waals surface area (Å²) >= 11 is 0. The van der Waals surface area contributed by atoms with E-state index in [9.17, 15) is 4.79 Å². The Morgan fingerprint density at radius 2 is 2.40 bits per heavy atom. The second kappa shape index (κ2) is 4.12. The van der Waals surface area contributed by atoms with E-state index < -0.39 is 11.4 Å². The van der Waals surface area contributed by atoms with Crippen molar-refractivity contribution in [2.75, 3.05) is 0 Å². The smallest absolute Gasteiger partial charge is 0.339 e. The number of nitrogens with one attached hydrogen (secondary N) is 1. The van der Waals surface area contributed by atoms with E-state index in [4.69, 9.17) is 10.3 Å². The molecular formula is C9H13N3O3. The lowest BCUT2D eigenvalue weighted by Crippen LogP contribution is -2.21. The third-order valence-corrected chi connectivity index (χ3v) is 2.23. The van der Waals surface area contributed by atoms with Crippen molar-refractivity contribution in [1.29, 1.82) is 0 Å². The van der Waals surface area contributed by atoms with Gasteiger partial charge in [-0.2, -0.15) is 5.10 Å². The molecule has 0 aliphatic heterocycles. The lowest BCUT2D eigenvalue weighted by molar-refractivity contribution is 0.0694. The summed E-state index contributed by atoms with van der Waals surface area (Å²) < 4.78 is 0. The highest BCUT2D eigenvalue weighted by atomic mass is 16.4. The molecule has 0 atom stereocenters. The van der Waals surface area contributed by atoms with Crippen molar-refractivity contribution in [2.45, 2.75) is 25.7 Å². The second-order valence-electron chi connectivity index (χ2n) is 3.85. The third-order valence-electron chi connectivity index (χ3n) is 2.23. The van der Waals surface area contributed by atoms with Gasteiger partial charge in [-0.1, -0.05) is 13.8 Å². The van der Waals surface area contributed by atoms with Crippen LogP contribution in [0.2, 0.25) is 0 Å². The number of hydrogen-bond donors (Lipinski definition) is 3. The first-order chi connectivity index (χ1) is 6.99. The molecule has 6 heteroatoms. The van der Waals surface area contributed by atoms with Crippen LogP contribution in [0.1, 0.15) is 36.3 Å². The zero-order valence-electron chi connectivity index (χ0n) is 8.56. The van der Waals surface area contributed by atoms with Gasteiger partial charge in [0.05, 0.1) is 11.9 Å². The highest BCUT2D eigenvalue weighted by molar-refractivity contribution is 5.89. The molecule has 6 nitrogen and oxygen atoms in total. The van der Waals surface area contributed by atoms with E-state index in [1.165, 1.54) is 12.4 Å². The van der Waals surface area contributed by atoms with Crippen LogP contribution in [0, 0.1) is 0 Å². The molecule has 0 aliphatic carbocycles. The van der Waals surface area contributed by atoms with E-state index in [0.29, 0.717) is 12.1 Å². The summed E-state index contributed by atoms with van der Waals surface area (Å²) in [5.74, 6) is -1.02. The van der Waals surface area contributed by atoms with Crippen LogP contribution in [-0.2, 0) is 5.41 Å². The Kier molecular flexibility index (Phi) is 3.08. The average molecular weight is 211 g/mol. The number of carboxylic acid groups (broad SMARTS) is 1. The molecule has 0 saturated carbocycles. The minimum atomic E-state index is -1.02. The normalized spacial score (nSPS) is 12.1. The van der Waals surface area contributed by atoms with E-state index in [1.54, 1.807) is 0 Å². The van der Waals surface area contributed by atoms with Gasteiger partial charge < -0.3 is 10.3 Å². The Hall–Kier alpha value is -1.85. The van der Waals surface area contributed by atoms with Gasteiger partial charge in [-0.3, -0.25) is 5.10 Å². The molecule has 0 bridgehead atoms. The highest BCUT2D eigenvalue weighted by Crippen LogP contribution is 2.27. The van der Waals surface area contributed by atoms with Crippen LogP contribution in [0.4, 0.5) is 0 Å². The van der Waals surface area contributed by atoms with Crippen molar-refractivity contribution in [1.82, 2.24) is 10.2 Å². The highest BCUT2D eigenvalue weighted by Gasteiger charge is 2.27. The van der Waals surface area contributed by atoms with E-state index >= 15 is 0 Å². The van der Waals surface area contributed by atoms with Gasteiger partial charge in [0.1, 0.15) is 5.56 Å². The maximum Gasteiger partial charge on any atom is 0.339 e. The first-order valence-electron chi connectivity index (χ1n) is 4.42. The molecule has 1 aromatic rings. The lowest BCUT2D eigenvalue weighted by atomic mass is 9.84. The van der Waals surface area contributed by atoms with Gasteiger partial charge in [0, 0.05) is 11.6 Å². The molecule has 0 aliphatic rings. The van der Waals surface area contributed by atoms with E-state index in [1.807, 2.05) is 13.8 Å². The second-order valence-corrected chi connectivity index (χ2v) is 3.85. The van der Waals surface area contributed by atoms with Gasteiger partial charge in [0.15, 0.2) is 0 Å². The van der Waals surface area contributed by atoms with Crippen LogP contribution in [0.5, 0.6) is 0 Å². The number of hydrogen-bond acceptors (Lipinski definition) is 4.